The number of carbonyl (C=O) groups is 1. The van der Waals surface area contributed by atoms with Gasteiger partial charge in [-0.1, -0.05) is 158 Å². The summed E-state index contributed by atoms with van der Waals surface area (Å²) in [5, 5.41) is 23.8. The molecule has 0 aliphatic heterocycles. The maximum Gasteiger partial charge on any atom is 0.472 e. The Morgan fingerprint density at radius 2 is 1.24 bits per heavy atom. The molecule has 0 radical (unpaired) electrons. The van der Waals surface area contributed by atoms with E-state index in [-0.39, 0.29) is 25.5 Å². The molecule has 0 bridgehead atoms. The first-order valence-electron chi connectivity index (χ1n) is 21.3. The highest BCUT2D eigenvalue weighted by Crippen LogP contribution is 2.43. The molecule has 0 saturated carbocycles. The lowest BCUT2D eigenvalue weighted by Crippen LogP contribution is -2.45. The monoisotopic (exact) mass is 782 g/mol. The number of likely N-dealkylation sites (N-methyl/N-ethyl adjacent to an activating group) is 1. The quantitative estimate of drug-likeness (QED) is 0.0163. The van der Waals surface area contributed by atoms with Crippen LogP contribution in [0.25, 0.3) is 0 Å². The average Bonchev–Trinajstić information content (AvgIpc) is 3.11. The summed E-state index contributed by atoms with van der Waals surface area (Å²) < 4.78 is 23.5. The van der Waals surface area contributed by atoms with Crippen molar-refractivity contribution in [2.45, 2.75) is 173 Å². The molecular weight excluding hydrogens is 699 g/mol. The van der Waals surface area contributed by atoms with E-state index in [2.05, 4.69) is 25.2 Å². The minimum atomic E-state index is -4.37. The van der Waals surface area contributed by atoms with Crippen molar-refractivity contribution in [2.24, 2.45) is 0 Å². The van der Waals surface area contributed by atoms with E-state index in [1.165, 1.54) is 83.5 Å². The molecule has 4 N–H and O–H groups in total. The predicted octanol–water partition coefficient (Wildman–Crippen LogP) is 10.4. The van der Waals surface area contributed by atoms with Crippen molar-refractivity contribution in [3.05, 3.63) is 60.8 Å². The zero-order valence-electron chi connectivity index (χ0n) is 35.1. The molecule has 0 spiro atoms. The van der Waals surface area contributed by atoms with Gasteiger partial charge in [0.2, 0.25) is 5.91 Å². The lowest BCUT2D eigenvalue weighted by molar-refractivity contribution is -0.870. The van der Waals surface area contributed by atoms with Gasteiger partial charge in [-0.25, -0.2) is 4.57 Å². The van der Waals surface area contributed by atoms with E-state index in [0.717, 1.165) is 38.5 Å². The standard InChI is InChI=1S/C44H81N2O7P/c1-6-8-10-12-14-15-16-17-18-19-20-24-28-32-36-43(48)42(40-53-54(50,51)52-39-38-46(3,4)5)45-44(49)37-33-29-25-22-21-23-27-31-35-41(47)34-30-26-13-11-9-7-2/h22-23,25-27,30-32,35-36,41-43,47-48H,6-21,24,28-29,33-34,37-40H2,1-5H3,(H-,45,49,50,51)/p+1/b25-22-,27-23-,30-26-,35-31+,36-32+/t41-,42-,43+/m0/s1. The summed E-state index contributed by atoms with van der Waals surface area (Å²) in [6.45, 7) is 4.64. The number of amides is 1. The highest BCUT2D eigenvalue weighted by Gasteiger charge is 2.27. The van der Waals surface area contributed by atoms with Crippen LogP contribution in [0.4, 0.5) is 0 Å². The van der Waals surface area contributed by atoms with Crippen LogP contribution in [-0.4, -0.2) is 84.6 Å². The maximum absolute atomic E-state index is 12.8. The fourth-order valence-corrected chi connectivity index (χ4v) is 6.32. The van der Waals surface area contributed by atoms with Crippen LogP contribution in [-0.2, 0) is 18.4 Å². The van der Waals surface area contributed by atoms with E-state index in [1.54, 1.807) is 12.2 Å². The highest BCUT2D eigenvalue weighted by molar-refractivity contribution is 7.47. The van der Waals surface area contributed by atoms with Crippen LogP contribution < -0.4 is 5.32 Å². The van der Waals surface area contributed by atoms with Crippen molar-refractivity contribution in [2.75, 3.05) is 40.9 Å². The molecule has 4 atom stereocenters. The number of rotatable bonds is 37. The van der Waals surface area contributed by atoms with Gasteiger partial charge in [-0.05, 0) is 51.4 Å². The summed E-state index contributed by atoms with van der Waals surface area (Å²) in [7, 11) is 1.49. The fourth-order valence-electron chi connectivity index (χ4n) is 5.59. The minimum Gasteiger partial charge on any atom is -0.389 e. The van der Waals surface area contributed by atoms with Gasteiger partial charge in [0.05, 0.1) is 46.0 Å². The third-order valence-corrected chi connectivity index (χ3v) is 10.0. The third kappa shape index (κ3) is 37.1. The number of hydrogen-bond donors (Lipinski definition) is 4. The Morgan fingerprint density at radius 1 is 0.685 bits per heavy atom. The molecule has 0 rings (SSSR count). The van der Waals surface area contributed by atoms with Crippen LogP contribution in [0.15, 0.2) is 60.8 Å². The predicted molar refractivity (Wildman–Crippen MR) is 227 cm³/mol. The van der Waals surface area contributed by atoms with Gasteiger partial charge in [-0.15, -0.1) is 0 Å². The van der Waals surface area contributed by atoms with E-state index in [1.807, 2.05) is 63.7 Å². The van der Waals surface area contributed by atoms with Gasteiger partial charge < -0.3 is 24.9 Å². The second-order valence-electron chi connectivity index (χ2n) is 15.6. The zero-order chi connectivity index (χ0) is 40.2. The Hall–Kier alpha value is -1.84. The molecule has 0 aromatic heterocycles. The van der Waals surface area contributed by atoms with E-state index in [0.29, 0.717) is 23.9 Å². The second kappa shape index (κ2) is 35.6. The number of carbonyl (C=O) groups excluding carboxylic acids is 1. The molecule has 1 unspecified atom stereocenters. The van der Waals surface area contributed by atoms with Crippen LogP contribution in [0.3, 0.4) is 0 Å². The number of phosphoric acid groups is 1. The molecule has 314 valence electrons. The van der Waals surface area contributed by atoms with Gasteiger partial charge in [0, 0.05) is 6.42 Å². The number of nitrogens with zero attached hydrogens (tertiary/aromatic N) is 1. The Kier molecular flexibility index (Phi) is 34.4. The van der Waals surface area contributed by atoms with Crippen LogP contribution >= 0.6 is 7.82 Å². The molecule has 0 aromatic carbocycles. The molecule has 0 saturated heterocycles. The van der Waals surface area contributed by atoms with Gasteiger partial charge in [0.25, 0.3) is 0 Å². The summed E-state index contributed by atoms with van der Waals surface area (Å²) in [5.41, 5.74) is 0. The number of phosphoric ester groups is 1. The zero-order valence-corrected chi connectivity index (χ0v) is 35.9. The largest absolute Gasteiger partial charge is 0.472 e. The lowest BCUT2D eigenvalue weighted by atomic mass is 10.0. The first-order chi connectivity index (χ1) is 25.9. The Labute approximate surface area is 331 Å². The number of aliphatic hydroxyl groups is 2. The molecular formula is C44H82N2O7P+. The van der Waals surface area contributed by atoms with E-state index in [9.17, 15) is 24.5 Å². The van der Waals surface area contributed by atoms with Crippen molar-refractivity contribution in [3.63, 3.8) is 0 Å². The van der Waals surface area contributed by atoms with Gasteiger partial charge in [-0.3, -0.25) is 13.8 Å². The van der Waals surface area contributed by atoms with Crippen molar-refractivity contribution in [1.29, 1.82) is 0 Å². The van der Waals surface area contributed by atoms with Crippen LogP contribution in [0, 0.1) is 0 Å². The van der Waals surface area contributed by atoms with Gasteiger partial charge >= 0.3 is 7.82 Å². The van der Waals surface area contributed by atoms with Crippen LogP contribution in [0.5, 0.6) is 0 Å². The minimum absolute atomic E-state index is 0.0378. The number of unbranched alkanes of at least 4 members (excludes halogenated alkanes) is 16. The first kappa shape index (κ1) is 52.2. The third-order valence-electron chi connectivity index (χ3n) is 9.06. The summed E-state index contributed by atoms with van der Waals surface area (Å²) in [5.74, 6) is -0.261. The Bertz CT molecular complexity index is 1080. The summed E-state index contributed by atoms with van der Waals surface area (Å²) in [6.07, 6.45) is 41.7. The molecule has 0 aromatic rings. The number of allylic oxidation sites excluding steroid dienone is 7. The molecule has 0 aliphatic rings. The van der Waals surface area contributed by atoms with Crippen LogP contribution in [0.2, 0.25) is 0 Å². The maximum atomic E-state index is 12.8. The smallest absolute Gasteiger partial charge is 0.389 e. The van der Waals surface area contributed by atoms with E-state index < -0.39 is 26.1 Å². The van der Waals surface area contributed by atoms with Gasteiger partial charge in [0.1, 0.15) is 13.2 Å². The van der Waals surface area contributed by atoms with Crippen molar-refractivity contribution in [3.8, 4) is 0 Å². The lowest BCUT2D eigenvalue weighted by Gasteiger charge is -2.25. The number of hydrogen-bond acceptors (Lipinski definition) is 6. The normalized spacial score (nSPS) is 15.6. The topological polar surface area (TPSA) is 125 Å². The molecule has 0 heterocycles. The first-order valence-corrected chi connectivity index (χ1v) is 22.8. The fraction of sp³-hybridized carbons (Fsp3) is 0.750. The van der Waals surface area contributed by atoms with Crippen molar-refractivity contribution in [1.82, 2.24) is 5.32 Å². The van der Waals surface area contributed by atoms with Gasteiger partial charge in [0.15, 0.2) is 0 Å². The molecule has 10 heteroatoms. The number of nitrogens with one attached hydrogen (secondary N) is 1. The Morgan fingerprint density at radius 3 is 1.89 bits per heavy atom. The van der Waals surface area contributed by atoms with Crippen molar-refractivity contribution < 1.29 is 38.0 Å². The second-order valence-corrected chi connectivity index (χ2v) is 17.0. The summed E-state index contributed by atoms with van der Waals surface area (Å²) in [4.78, 5) is 23.0. The van der Waals surface area contributed by atoms with Crippen LogP contribution in [0.1, 0.15) is 155 Å². The summed E-state index contributed by atoms with van der Waals surface area (Å²) >= 11 is 0. The van der Waals surface area contributed by atoms with Crippen molar-refractivity contribution >= 4 is 13.7 Å². The molecule has 0 aliphatic carbocycles. The molecule has 1 amide bonds. The average molecular weight is 782 g/mol. The SMILES string of the molecule is CCCCC/C=C\C[C@H](O)/C=C/C=C\C/C=C\CCCC(=O)N[C@@H](COP(=O)(O)OCC[N+](C)(C)C)[C@H](O)/C=C/CCCCCCCCCCCCCC. The van der Waals surface area contributed by atoms with E-state index in [4.69, 9.17) is 9.05 Å². The van der Waals surface area contributed by atoms with Gasteiger partial charge in [-0.2, -0.15) is 0 Å². The molecule has 9 nitrogen and oxygen atoms in total. The number of aliphatic hydroxyl groups excluding tert-OH is 2. The van der Waals surface area contributed by atoms with E-state index >= 15 is 0 Å². The molecule has 0 fully saturated rings. The number of quaternary nitrogens is 1. The highest BCUT2D eigenvalue weighted by atomic mass is 31.2. The summed E-state index contributed by atoms with van der Waals surface area (Å²) in [6, 6.07) is -0.896. The Balaban J connectivity index is 4.66. The molecule has 54 heavy (non-hydrogen) atoms.